The van der Waals surface area contributed by atoms with Crippen LogP contribution in [0.3, 0.4) is 0 Å². The number of carbonyl (C=O) groups excluding carboxylic acids is 1. The van der Waals surface area contributed by atoms with E-state index in [1.165, 1.54) is 28.6 Å². The molecule has 0 unspecified atom stereocenters. The van der Waals surface area contributed by atoms with Gasteiger partial charge in [0.05, 0.1) is 5.75 Å². The van der Waals surface area contributed by atoms with Crippen LogP contribution in [0.1, 0.15) is 26.2 Å². The Morgan fingerprint density at radius 2 is 1.88 bits per heavy atom. The molecule has 0 spiro atoms. The molecule has 2 rings (SSSR count). The Kier molecular flexibility index (Phi) is 7.19. The van der Waals surface area contributed by atoms with Crippen LogP contribution < -0.4 is 4.74 Å². The Morgan fingerprint density at radius 3 is 2.56 bits per heavy atom. The molecule has 1 saturated heterocycles. The summed E-state index contributed by atoms with van der Waals surface area (Å²) < 4.78 is 44.3. The van der Waals surface area contributed by atoms with Crippen LogP contribution in [0.25, 0.3) is 0 Å². The van der Waals surface area contributed by atoms with E-state index in [2.05, 4.69) is 0 Å². The molecule has 1 fully saturated rings. The second-order valence-electron chi connectivity index (χ2n) is 6.05. The van der Waals surface area contributed by atoms with Crippen LogP contribution in [0, 0.1) is 5.82 Å². The lowest BCUT2D eigenvalue weighted by Crippen LogP contribution is -2.39. The molecule has 0 bridgehead atoms. The summed E-state index contributed by atoms with van der Waals surface area (Å²) >= 11 is 0. The number of nitrogens with zero attached hydrogens (tertiary/aromatic N) is 2. The van der Waals surface area contributed by atoms with E-state index in [9.17, 15) is 17.6 Å². The molecule has 0 saturated carbocycles. The number of hydrogen-bond acceptors (Lipinski definition) is 4. The fourth-order valence-electron chi connectivity index (χ4n) is 2.64. The Bertz CT molecular complexity index is 664. The minimum atomic E-state index is -3.25. The minimum Gasteiger partial charge on any atom is -0.484 e. The molecule has 0 N–H and O–H groups in total. The van der Waals surface area contributed by atoms with Crippen LogP contribution in [0.2, 0.25) is 0 Å². The quantitative estimate of drug-likeness (QED) is 0.733. The first-order valence-corrected chi connectivity index (χ1v) is 10.2. The number of rotatable bonds is 7. The van der Waals surface area contributed by atoms with E-state index in [4.69, 9.17) is 4.74 Å². The average Bonchev–Trinajstić information content (AvgIpc) is 2.86. The highest BCUT2D eigenvalue weighted by atomic mass is 32.2. The maximum absolute atomic E-state index is 12.8. The molecule has 25 heavy (non-hydrogen) atoms. The van der Waals surface area contributed by atoms with Gasteiger partial charge >= 0.3 is 0 Å². The van der Waals surface area contributed by atoms with Gasteiger partial charge in [-0.15, -0.1) is 0 Å². The zero-order valence-corrected chi connectivity index (χ0v) is 15.3. The largest absolute Gasteiger partial charge is 0.484 e. The third-order valence-electron chi connectivity index (χ3n) is 4.13. The van der Waals surface area contributed by atoms with Gasteiger partial charge in [0.25, 0.3) is 5.91 Å². The standard InChI is InChI=1S/C17H25FN2O4S/c1-2-3-13-25(22,23)20-10-4-9-19(11-12-20)17(21)14-24-16-7-5-15(18)6-8-16/h5-8H,2-4,9-14H2,1H3. The summed E-state index contributed by atoms with van der Waals surface area (Å²) in [6.45, 7) is 3.43. The SMILES string of the molecule is CCCCS(=O)(=O)N1CCCN(C(=O)COc2ccc(F)cc2)CC1. The summed E-state index contributed by atoms with van der Waals surface area (Å²) in [6, 6.07) is 5.47. The molecule has 140 valence electrons. The summed E-state index contributed by atoms with van der Waals surface area (Å²) in [4.78, 5) is 13.9. The number of carbonyl (C=O) groups is 1. The van der Waals surface area contributed by atoms with Gasteiger partial charge < -0.3 is 9.64 Å². The van der Waals surface area contributed by atoms with Crippen LogP contribution >= 0.6 is 0 Å². The number of unbranched alkanes of at least 4 members (excludes halogenated alkanes) is 1. The predicted octanol–water partition coefficient (Wildman–Crippen LogP) is 1.87. The van der Waals surface area contributed by atoms with Gasteiger partial charge in [0.2, 0.25) is 10.0 Å². The van der Waals surface area contributed by atoms with Crippen LogP contribution in [-0.4, -0.2) is 62.1 Å². The van der Waals surface area contributed by atoms with Gasteiger partial charge in [-0.2, -0.15) is 0 Å². The van der Waals surface area contributed by atoms with Crippen molar-refractivity contribution in [3.63, 3.8) is 0 Å². The zero-order valence-electron chi connectivity index (χ0n) is 14.5. The van der Waals surface area contributed by atoms with Crippen molar-refractivity contribution in [1.29, 1.82) is 0 Å². The topological polar surface area (TPSA) is 66.9 Å². The van der Waals surface area contributed by atoms with Crippen LogP contribution in [0.15, 0.2) is 24.3 Å². The summed E-state index contributed by atoms with van der Waals surface area (Å²) in [6.07, 6.45) is 2.08. The van der Waals surface area contributed by atoms with Crippen molar-refractivity contribution in [2.45, 2.75) is 26.2 Å². The molecule has 0 radical (unpaired) electrons. The number of sulfonamides is 1. The van der Waals surface area contributed by atoms with E-state index in [1.807, 2.05) is 6.92 Å². The van der Waals surface area contributed by atoms with Crippen molar-refractivity contribution >= 4 is 15.9 Å². The summed E-state index contributed by atoms with van der Waals surface area (Å²) in [5, 5.41) is 0. The molecule has 1 amide bonds. The Balaban J connectivity index is 1.85. The molecule has 0 aromatic heterocycles. The molecular weight excluding hydrogens is 347 g/mol. The molecular formula is C17H25FN2O4S. The minimum absolute atomic E-state index is 0.145. The lowest BCUT2D eigenvalue weighted by atomic mass is 10.3. The highest BCUT2D eigenvalue weighted by molar-refractivity contribution is 7.89. The number of amides is 1. The number of hydrogen-bond donors (Lipinski definition) is 0. The lowest BCUT2D eigenvalue weighted by Gasteiger charge is -2.22. The molecule has 8 heteroatoms. The Morgan fingerprint density at radius 1 is 1.16 bits per heavy atom. The summed E-state index contributed by atoms with van der Waals surface area (Å²) in [5.41, 5.74) is 0. The van der Waals surface area contributed by atoms with Gasteiger partial charge in [-0.1, -0.05) is 13.3 Å². The van der Waals surface area contributed by atoms with E-state index in [0.717, 1.165) is 6.42 Å². The predicted molar refractivity (Wildman–Crippen MR) is 93.4 cm³/mol. The smallest absolute Gasteiger partial charge is 0.260 e. The monoisotopic (exact) mass is 372 g/mol. The van der Waals surface area contributed by atoms with Gasteiger partial charge in [-0.05, 0) is 37.1 Å². The van der Waals surface area contributed by atoms with E-state index in [1.54, 1.807) is 4.90 Å². The Labute approximate surface area is 148 Å². The molecule has 1 aliphatic heterocycles. The van der Waals surface area contributed by atoms with Crippen molar-refractivity contribution in [2.24, 2.45) is 0 Å². The van der Waals surface area contributed by atoms with Crippen molar-refractivity contribution in [2.75, 3.05) is 38.5 Å². The molecule has 0 atom stereocenters. The molecule has 1 aromatic carbocycles. The van der Waals surface area contributed by atoms with Crippen molar-refractivity contribution in [3.8, 4) is 5.75 Å². The highest BCUT2D eigenvalue weighted by Crippen LogP contribution is 2.13. The third-order valence-corrected chi connectivity index (χ3v) is 6.09. The molecule has 0 aliphatic carbocycles. The number of ether oxygens (including phenoxy) is 1. The van der Waals surface area contributed by atoms with E-state index in [-0.39, 0.29) is 24.1 Å². The first kappa shape index (κ1) is 19.7. The lowest BCUT2D eigenvalue weighted by molar-refractivity contribution is -0.133. The molecule has 1 heterocycles. The average molecular weight is 372 g/mol. The summed E-state index contributed by atoms with van der Waals surface area (Å²) in [7, 11) is -3.25. The highest BCUT2D eigenvalue weighted by Gasteiger charge is 2.26. The van der Waals surface area contributed by atoms with Gasteiger partial charge in [0, 0.05) is 26.2 Å². The van der Waals surface area contributed by atoms with Crippen molar-refractivity contribution < 1.29 is 22.3 Å². The van der Waals surface area contributed by atoms with E-state index in [0.29, 0.717) is 44.8 Å². The molecule has 1 aromatic rings. The fraction of sp³-hybridized carbons (Fsp3) is 0.588. The molecule has 1 aliphatic rings. The van der Waals surface area contributed by atoms with E-state index < -0.39 is 10.0 Å². The number of benzene rings is 1. The van der Waals surface area contributed by atoms with Crippen LogP contribution in [0.4, 0.5) is 4.39 Å². The Hall–Kier alpha value is -1.67. The van der Waals surface area contributed by atoms with Gasteiger partial charge in [0.1, 0.15) is 11.6 Å². The maximum Gasteiger partial charge on any atom is 0.260 e. The first-order chi connectivity index (χ1) is 11.9. The van der Waals surface area contributed by atoms with Crippen molar-refractivity contribution in [1.82, 2.24) is 9.21 Å². The number of halogens is 1. The zero-order chi connectivity index (χ0) is 18.3. The van der Waals surface area contributed by atoms with Gasteiger partial charge in [-0.25, -0.2) is 17.1 Å². The fourth-order valence-corrected chi connectivity index (χ4v) is 4.32. The maximum atomic E-state index is 12.8. The molecule has 6 nitrogen and oxygen atoms in total. The van der Waals surface area contributed by atoms with E-state index >= 15 is 0 Å². The normalized spacial score (nSPS) is 16.5. The van der Waals surface area contributed by atoms with Crippen LogP contribution in [0.5, 0.6) is 5.75 Å². The third kappa shape index (κ3) is 5.97. The van der Waals surface area contributed by atoms with Crippen molar-refractivity contribution in [3.05, 3.63) is 30.1 Å². The van der Waals surface area contributed by atoms with Gasteiger partial charge in [0.15, 0.2) is 6.61 Å². The second kappa shape index (κ2) is 9.15. The van der Waals surface area contributed by atoms with Crippen LogP contribution in [-0.2, 0) is 14.8 Å². The first-order valence-electron chi connectivity index (χ1n) is 8.56. The second-order valence-corrected chi connectivity index (χ2v) is 8.13. The van der Waals surface area contributed by atoms with Gasteiger partial charge in [-0.3, -0.25) is 4.79 Å². The summed E-state index contributed by atoms with van der Waals surface area (Å²) in [5.74, 6) is 0.0199.